The highest BCUT2D eigenvalue weighted by Crippen LogP contribution is 2.18. The Morgan fingerprint density at radius 1 is 0.500 bits per heavy atom. The van der Waals surface area contributed by atoms with E-state index in [1.165, 1.54) is 89.9 Å². The average molecular weight is 647 g/mol. The van der Waals surface area contributed by atoms with Gasteiger partial charge in [-0.2, -0.15) is 0 Å². The largest absolute Gasteiger partial charge is 0.500 e. The molecule has 44 heavy (non-hydrogen) atoms. The zero-order chi connectivity index (χ0) is 32.8. The van der Waals surface area contributed by atoms with Crippen LogP contribution in [0, 0.1) is 0 Å². The fourth-order valence-corrected chi connectivity index (χ4v) is 7.34. The van der Waals surface area contributed by atoms with E-state index in [0.29, 0.717) is 49.7 Å². The van der Waals surface area contributed by atoms with Crippen LogP contribution in [0.5, 0.6) is 0 Å². The molecule has 0 aliphatic carbocycles. The van der Waals surface area contributed by atoms with Crippen LogP contribution in [-0.4, -0.2) is 86.5 Å². The summed E-state index contributed by atoms with van der Waals surface area (Å²) in [5.74, 6) is -0.229. The molecule has 0 aromatic rings. The van der Waals surface area contributed by atoms with E-state index in [0.717, 1.165) is 38.6 Å². The van der Waals surface area contributed by atoms with Gasteiger partial charge in [0.1, 0.15) is 26.3 Å². The second kappa shape index (κ2) is 29.4. The van der Waals surface area contributed by atoms with Gasteiger partial charge in [-0.25, -0.2) is 0 Å². The van der Waals surface area contributed by atoms with Crippen LogP contribution < -0.4 is 0 Å². The number of unbranched alkanes of at least 4 members (excludes halogenated alkanes) is 16. The lowest BCUT2D eigenvalue weighted by molar-refractivity contribution is -0.909. The first-order chi connectivity index (χ1) is 21.3. The van der Waals surface area contributed by atoms with Crippen LogP contribution >= 0.6 is 0 Å². The number of ether oxygens (including phenoxy) is 2. The molecule has 262 valence electrons. The molecule has 0 aromatic carbocycles. The molecule has 0 aliphatic rings. The number of carbonyl (C=O) groups excluding carboxylic acids is 2. The number of hydrogen-bond acceptors (Lipinski definition) is 7. The van der Waals surface area contributed by atoms with Crippen LogP contribution in [0.1, 0.15) is 149 Å². The Morgan fingerprint density at radius 2 is 0.841 bits per heavy atom. The first-order valence-electron chi connectivity index (χ1n) is 18.1. The summed E-state index contributed by atoms with van der Waals surface area (Å²) in [4.78, 5) is 24.8. The first-order valence-corrected chi connectivity index (χ1v) is 20.0. The minimum Gasteiger partial charge on any atom is -0.460 e. The third kappa shape index (κ3) is 24.3. The number of likely N-dealkylation sites (N-methyl/N-ethyl adjacent to an activating group) is 1. The summed E-state index contributed by atoms with van der Waals surface area (Å²) in [5.41, 5.74) is 0. The van der Waals surface area contributed by atoms with Gasteiger partial charge in [-0.05, 0) is 12.8 Å². The molecule has 0 heterocycles. The molecule has 0 fully saturated rings. The Balaban J connectivity index is 4.48. The molecule has 0 amide bonds. The Hall–Kier alpha value is -1.00. The standard InChI is InChI=1S/C35H72NO7Si/c1-7-9-11-13-15-17-19-21-23-26-34(37)42-31-29-36(3,28-25-33-44(39-4,40-5)41-6)30-32-43-35(38)27-24-22-20-18-16-14-12-10-8-2/h7-33H2,1-6H3/q+1. The second-order valence-electron chi connectivity index (χ2n) is 12.8. The Bertz CT molecular complexity index is 627. The molecule has 0 atom stereocenters. The van der Waals surface area contributed by atoms with Gasteiger partial charge in [0.05, 0.1) is 13.6 Å². The van der Waals surface area contributed by atoms with Crippen molar-refractivity contribution in [1.82, 2.24) is 0 Å². The van der Waals surface area contributed by atoms with Crippen molar-refractivity contribution in [3.8, 4) is 0 Å². The van der Waals surface area contributed by atoms with Gasteiger partial charge in [-0.1, -0.05) is 117 Å². The maximum absolute atomic E-state index is 12.4. The van der Waals surface area contributed by atoms with Crippen molar-refractivity contribution in [3.05, 3.63) is 0 Å². The highest BCUT2D eigenvalue weighted by molar-refractivity contribution is 6.60. The molecule has 0 saturated heterocycles. The van der Waals surface area contributed by atoms with E-state index in [2.05, 4.69) is 20.9 Å². The van der Waals surface area contributed by atoms with E-state index in [1.54, 1.807) is 21.3 Å². The predicted octanol–water partition coefficient (Wildman–Crippen LogP) is 8.63. The number of rotatable bonds is 33. The van der Waals surface area contributed by atoms with E-state index in [1.807, 2.05) is 0 Å². The summed E-state index contributed by atoms with van der Waals surface area (Å²) in [6.07, 6.45) is 23.9. The van der Waals surface area contributed by atoms with E-state index in [4.69, 9.17) is 22.8 Å². The topological polar surface area (TPSA) is 80.3 Å². The number of hydrogen-bond donors (Lipinski definition) is 0. The van der Waals surface area contributed by atoms with Crippen molar-refractivity contribution in [2.45, 2.75) is 155 Å². The minimum atomic E-state index is -2.66. The smallest absolute Gasteiger partial charge is 0.460 e. The van der Waals surface area contributed by atoms with Gasteiger partial charge in [0, 0.05) is 46.6 Å². The van der Waals surface area contributed by atoms with Gasteiger partial charge in [-0.15, -0.1) is 0 Å². The Morgan fingerprint density at radius 3 is 1.18 bits per heavy atom. The first kappa shape index (κ1) is 43.0. The van der Waals surface area contributed by atoms with Crippen molar-refractivity contribution in [2.24, 2.45) is 0 Å². The fraction of sp³-hybridized carbons (Fsp3) is 0.943. The van der Waals surface area contributed by atoms with E-state index >= 15 is 0 Å². The summed E-state index contributed by atoms with van der Waals surface area (Å²) in [6.45, 7) is 7.36. The molecule has 9 heteroatoms. The van der Waals surface area contributed by atoms with Crippen LogP contribution in [0.3, 0.4) is 0 Å². The summed E-state index contributed by atoms with van der Waals surface area (Å²) >= 11 is 0. The van der Waals surface area contributed by atoms with E-state index in [9.17, 15) is 9.59 Å². The maximum Gasteiger partial charge on any atom is 0.500 e. The zero-order valence-electron chi connectivity index (χ0n) is 29.9. The van der Waals surface area contributed by atoms with Gasteiger partial charge in [0.25, 0.3) is 0 Å². The fourth-order valence-electron chi connectivity index (χ4n) is 5.63. The van der Waals surface area contributed by atoms with Crippen LogP contribution in [0.4, 0.5) is 0 Å². The van der Waals surface area contributed by atoms with Gasteiger partial charge in [0.15, 0.2) is 0 Å². The van der Waals surface area contributed by atoms with Crippen molar-refractivity contribution >= 4 is 20.7 Å². The lowest BCUT2D eigenvalue weighted by atomic mass is 10.1. The molecule has 0 spiro atoms. The monoisotopic (exact) mass is 647 g/mol. The minimum absolute atomic E-state index is 0.114. The zero-order valence-corrected chi connectivity index (χ0v) is 30.9. The molecular weight excluding hydrogens is 574 g/mol. The third-order valence-corrected chi connectivity index (χ3v) is 11.7. The molecule has 0 rings (SSSR count). The molecule has 0 radical (unpaired) electrons. The van der Waals surface area contributed by atoms with Crippen molar-refractivity contribution in [3.63, 3.8) is 0 Å². The maximum atomic E-state index is 12.4. The van der Waals surface area contributed by atoms with Crippen molar-refractivity contribution in [2.75, 3.05) is 61.2 Å². The lowest BCUT2D eigenvalue weighted by Gasteiger charge is -2.35. The lowest BCUT2D eigenvalue weighted by Crippen LogP contribution is -2.50. The van der Waals surface area contributed by atoms with Crippen LogP contribution in [0.25, 0.3) is 0 Å². The highest BCUT2D eigenvalue weighted by Gasteiger charge is 2.38. The molecule has 0 aromatic heterocycles. The van der Waals surface area contributed by atoms with Gasteiger partial charge < -0.3 is 27.2 Å². The second-order valence-corrected chi connectivity index (χ2v) is 15.9. The summed E-state index contributed by atoms with van der Waals surface area (Å²) in [6, 6.07) is 0.696. The molecule has 0 saturated carbocycles. The molecule has 0 unspecified atom stereocenters. The quantitative estimate of drug-likeness (QED) is 0.0306. The average Bonchev–Trinajstić information content (AvgIpc) is 3.02. The van der Waals surface area contributed by atoms with Crippen LogP contribution in [0.15, 0.2) is 0 Å². The highest BCUT2D eigenvalue weighted by atomic mass is 28.4. The summed E-state index contributed by atoms with van der Waals surface area (Å²) in [7, 11) is 4.37. The summed E-state index contributed by atoms with van der Waals surface area (Å²) in [5, 5.41) is 0. The molecule has 0 aliphatic heterocycles. The number of carbonyl (C=O) groups is 2. The third-order valence-electron chi connectivity index (χ3n) is 8.87. The normalized spacial score (nSPS) is 12.0. The van der Waals surface area contributed by atoms with Crippen LogP contribution in [0.2, 0.25) is 6.04 Å². The molecule has 0 bridgehead atoms. The van der Waals surface area contributed by atoms with Crippen molar-refractivity contribution in [1.29, 1.82) is 0 Å². The number of nitrogens with zero attached hydrogens (tertiary/aromatic N) is 1. The molecule has 0 N–H and O–H groups in total. The van der Waals surface area contributed by atoms with Gasteiger partial charge in [0.2, 0.25) is 0 Å². The number of esters is 2. The van der Waals surface area contributed by atoms with Gasteiger partial charge >= 0.3 is 20.7 Å². The predicted molar refractivity (Wildman–Crippen MR) is 183 cm³/mol. The van der Waals surface area contributed by atoms with Crippen LogP contribution in [-0.2, 0) is 32.3 Å². The Labute approximate surface area is 273 Å². The van der Waals surface area contributed by atoms with E-state index < -0.39 is 8.80 Å². The Kier molecular flexibility index (Phi) is 28.7. The van der Waals surface area contributed by atoms with Gasteiger partial charge in [-0.3, -0.25) is 9.59 Å². The SMILES string of the molecule is CCCCCCCCCCCC(=O)OCC[N+](C)(CCC[Si](OC)(OC)OC)CCOC(=O)CCCCCCCCCCC. The van der Waals surface area contributed by atoms with E-state index in [-0.39, 0.29) is 11.9 Å². The number of quaternary nitrogens is 1. The van der Waals surface area contributed by atoms with Crippen molar-refractivity contribution < 1.29 is 36.8 Å². The summed E-state index contributed by atoms with van der Waals surface area (Å²) < 4.78 is 28.7. The molecular formula is C35H72NO7Si+. The molecule has 8 nitrogen and oxygen atoms in total.